The first-order valence-corrected chi connectivity index (χ1v) is 9.20. The number of fused-ring (bicyclic) bond motifs is 1. The van der Waals surface area contributed by atoms with Crippen LogP contribution in [0.1, 0.15) is 36.1 Å². The molecule has 0 saturated carbocycles. The number of hydrogen-bond donors (Lipinski definition) is 0. The van der Waals surface area contributed by atoms with Crippen LogP contribution in [0, 0.1) is 16.7 Å². The number of ether oxygens (including phenoxy) is 2. The monoisotopic (exact) mass is 362 g/mol. The largest absolute Gasteiger partial charge is 0.491 e. The van der Waals surface area contributed by atoms with Gasteiger partial charge in [-0.2, -0.15) is 5.26 Å². The van der Waals surface area contributed by atoms with Gasteiger partial charge in [0.15, 0.2) is 0 Å². The second-order valence-electron chi connectivity index (χ2n) is 7.47. The van der Waals surface area contributed by atoms with Gasteiger partial charge in [0, 0.05) is 12.2 Å². The number of carbonyl (C=O) groups is 1. The summed E-state index contributed by atoms with van der Waals surface area (Å²) in [7, 11) is 0. The van der Waals surface area contributed by atoms with Crippen LogP contribution in [0.4, 0.5) is 0 Å². The fraction of sp³-hybridized carbons (Fsp3) is 0.364. The van der Waals surface area contributed by atoms with E-state index in [9.17, 15) is 10.1 Å². The lowest BCUT2D eigenvalue weighted by molar-refractivity contribution is -0.145. The number of benzene rings is 2. The quantitative estimate of drug-likeness (QED) is 0.821. The van der Waals surface area contributed by atoms with Crippen LogP contribution >= 0.6 is 0 Å². The molecular formula is C22H22N2O3. The molecule has 5 heteroatoms. The van der Waals surface area contributed by atoms with Gasteiger partial charge < -0.3 is 14.4 Å². The molecule has 2 atom stereocenters. The van der Waals surface area contributed by atoms with Crippen molar-refractivity contribution >= 4 is 5.91 Å². The average molecular weight is 362 g/mol. The molecule has 0 aliphatic carbocycles. The number of nitrogens with zero attached hydrogens (tertiary/aromatic N) is 2. The number of nitriles is 1. The minimum Gasteiger partial charge on any atom is -0.491 e. The zero-order chi connectivity index (χ0) is 18.9. The Bertz CT molecular complexity index is 882. The van der Waals surface area contributed by atoms with Gasteiger partial charge in [-0.15, -0.1) is 0 Å². The number of amides is 1. The SMILES string of the molecule is CC1(C(=O)N2Cc3ccc(C#N)cc3OC[C@@H]2c2ccccc2)CCOC1. The van der Waals surface area contributed by atoms with Gasteiger partial charge in [0.05, 0.1) is 36.2 Å². The number of hydrogen-bond acceptors (Lipinski definition) is 4. The van der Waals surface area contributed by atoms with Gasteiger partial charge in [0.1, 0.15) is 12.4 Å². The lowest BCUT2D eigenvalue weighted by Gasteiger charge is -2.35. The molecule has 0 radical (unpaired) electrons. The van der Waals surface area contributed by atoms with Crippen LogP contribution in [-0.4, -0.2) is 30.6 Å². The van der Waals surface area contributed by atoms with E-state index < -0.39 is 5.41 Å². The molecule has 1 fully saturated rings. The predicted octanol–water partition coefficient (Wildman–Crippen LogP) is 3.45. The highest BCUT2D eigenvalue weighted by Crippen LogP contribution is 2.38. The molecule has 5 nitrogen and oxygen atoms in total. The molecule has 2 aromatic carbocycles. The first kappa shape index (κ1) is 17.6. The average Bonchev–Trinajstić information content (AvgIpc) is 3.06. The summed E-state index contributed by atoms with van der Waals surface area (Å²) in [5.41, 5.74) is 2.01. The van der Waals surface area contributed by atoms with Crippen molar-refractivity contribution in [3.8, 4) is 11.8 Å². The van der Waals surface area contributed by atoms with E-state index in [2.05, 4.69) is 6.07 Å². The van der Waals surface area contributed by atoms with Crippen LogP contribution in [0.5, 0.6) is 5.75 Å². The molecule has 2 aromatic rings. The Kier molecular flexibility index (Phi) is 4.59. The zero-order valence-corrected chi connectivity index (χ0v) is 15.4. The Morgan fingerprint density at radius 2 is 2.07 bits per heavy atom. The second-order valence-corrected chi connectivity index (χ2v) is 7.47. The van der Waals surface area contributed by atoms with E-state index in [1.807, 2.05) is 48.2 Å². The highest BCUT2D eigenvalue weighted by Gasteiger charge is 2.43. The zero-order valence-electron chi connectivity index (χ0n) is 15.4. The molecule has 0 bridgehead atoms. The molecule has 2 aliphatic heterocycles. The van der Waals surface area contributed by atoms with Crippen molar-refractivity contribution in [2.75, 3.05) is 19.8 Å². The summed E-state index contributed by atoms with van der Waals surface area (Å²) in [5.74, 6) is 0.771. The van der Waals surface area contributed by atoms with Crippen molar-refractivity contribution in [1.82, 2.24) is 4.90 Å². The fourth-order valence-corrected chi connectivity index (χ4v) is 3.79. The van der Waals surface area contributed by atoms with Gasteiger partial charge in [-0.25, -0.2) is 0 Å². The topological polar surface area (TPSA) is 62.6 Å². The Labute approximate surface area is 159 Å². The van der Waals surface area contributed by atoms with Crippen molar-refractivity contribution in [3.05, 3.63) is 65.2 Å². The molecule has 0 N–H and O–H groups in total. The van der Waals surface area contributed by atoms with E-state index in [1.54, 1.807) is 12.1 Å². The van der Waals surface area contributed by atoms with Gasteiger partial charge >= 0.3 is 0 Å². The summed E-state index contributed by atoms with van der Waals surface area (Å²) in [6.45, 7) is 3.86. The molecule has 1 amide bonds. The van der Waals surface area contributed by atoms with Gasteiger partial charge in [-0.3, -0.25) is 4.79 Å². The second kappa shape index (κ2) is 7.05. The van der Waals surface area contributed by atoms with E-state index in [-0.39, 0.29) is 11.9 Å². The van der Waals surface area contributed by atoms with Crippen LogP contribution in [0.15, 0.2) is 48.5 Å². The molecule has 0 spiro atoms. The maximum Gasteiger partial charge on any atom is 0.231 e. The summed E-state index contributed by atoms with van der Waals surface area (Å²) in [4.78, 5) is 15.4. The third kappa shape index (κ3) is 3.29. The fourth-order valence-electron chi connectivity index (χ4n) is 3.79. The first-order valence-electron chi connectivity index (χ1n) is 9.20. The minimum absolute atomic E-state index is 0.0923. The lowest BCUT2D eigenvalue weighted by Crippen LogP contribution is -2.45. The third-order valence-corrected chi connectivity index (χ3v) is 5.49. The van der Waals surface area contributed by atoms with Crippen LogP contribution < -0.4 is 4.74 Å². The molecular weight excluding hydrogens is 340 g/mol. The van der Waals surface area contributed by atoms with E-state index in [1.165, 1.54) is 0 Å². The van der Waals surface area contributed by atoms with E-state index >= 15 is 0 Å². The lowest BCUT2D eigenvalue weighted by atomic mass is 9.87. The maximum atomic E-state index is 13.5. The van der Waals surface area contributed by atoms with Gasteiger partial charge in [0.2, 0.25) is 5.91 Å². The van der Waals surface area contributed by atoms with Gasteiger partial charge in [0.25, 0.3) is 0 Å². The van der Waals surface area contributed by atoms with Crippen molar-refractivity contribution in [2.45, 2.75) is 25.9 Å². The highest BCUT2D eigenvalue weighted by atomic mass is 16.5. The molecule has 1 saturated heterocycles. The molecule has 2 aliphatic rings. The minimum atomic E-state index is -0.510. The Hall–Kier alpha value is -2.84. The summed E-state index contributed by atoms with van der Waals surface area (Å²) < 4.78 is 11.6. The van der Waals surface area contributed by atoms with E-state index in [4.69, 9.17) is 9.47 Å². The molecule has 1 unspecified atom stereocenters. The van der Waals surface area contributed by atoms with Crippen molar-refractivity contribution in [2.24, 2.45) is 5.41 Å². The molecule has 2 heterocycles. The van der Waals surface area contributed by atoms with E-state index in [0.29, 0.717) is 37.7 Å². The van der Waals surface area contributed by atoms with Crippen LogP contribution in [0.25, 0.3) is 0 Å². The van der Waals surface area contributed by atoms with Crippen molar-refractivity contribution in [1.29, 1.82) is 5.26 Å². The van der Waals surface area contributed by atoms with Crippen molar-refractivity contribution in [3.63, 3.8) is 0 Å². The predicted molar refractivity (Wildman–Crippen MR) is 99.9 cm³/mol. The summed E-state index contributed by atoms with van der Waals surface area (Å²) in [6, 6.07) is 17.3. The maximum absolute atomic E-state index is 13.5. The summed E-state index contributed by atoms with van der Waals surface area (Å²) >= 11 is 0. The Morgan fingerprint density at radius 3 is 2.78 bits per heavy atom. The third-order valence-electron chi connectivity index (χ3n) is 5.49. The summed E-state index contributed by atoms with van der Waals surface area (Å²) in [5, 5.41) is 9.17. The van der Waals surface area contributed by atoms with Gasteiger partial charge in [-0.1, -0.05) is 36.4 Å². The first-order chi connectivity index (χ1) is 13.1. The van der Waals surface area contributed by atoms with Crippen molar-refractivity contribution < 1.29 is 14.3 Å². The molecule has 4 rings (SSSR count). The Balaban J connectivity index is 1.74. The normalized spacial score (nSPS) is 24.4. The van der Waals surface area contributed by atoms with Crippen LogP contribution in [-0.2, 0) is 16.1 Å². The summed E-state index contributed by atoms with van der Waals surface area (Å²) in [6.07, 6.45) is 0.727. The molecule has 27 heavy (non-hydrogen) atoms. The standard InChI is InChI=1S/C22H22N2O3/c1-22(9-10-26-15-22)21(25)24-13-18-8-7-16(12-23)11-20(18)27-14-19(24)17-5-3-2-4-6-17/h2-8,11,19H,9-10,13-15H2,1H3/t19-,22?/m1/s1. The number of rotatable bonds is 2. The van der Waals surface area contributed by atoms with Crippen LogP contribution in [0.2, 0.25) is 0 Å². The molecule has 0 aromatic heterocycles. The highest BCUT2D eigenvalue weighted by molar-refractivity contribution is 5.83. The van der Waals surface area contributed by atoms with Gasteiger partial charge in [-0.05, 0) is 31.0 Å². The molecule has 138 valence electrons. The Morgan fingerprint density at radius 1 is 1.26 bits per heavy atom. The number of carbonyl (C=O) groups excluding carboxylic acids is 1. The smallest absolute Gasteiger partial charge is 0.231 e. The van der Waals surface area contributed by atoms with E-state index in [0.717, 1.165) is 17.5 Å². The van der Waals surface area contributed by atoms with Crippen LogP contribution in [0.3, 0.4) is 0 Å².